The third-order valence-electron chi connectivity index (χ3n) is 2.92. The molecule has 0 aromatic carbocycles. The van der Waals surface area contributed by atoms with Crippen molar-refractivity contribution in [3.63, 3.8) is 0 Å². The Morgan fingerprint density at radius 2 is 2.06 bits per heavy atom. The second kappa shape index (κ2) is 7.01. The third-order valence-corrected chi connectivity index (χ3v) is 3.79. The zero-order valence-corrected chi connectivity index (χ0v) is 12.2. The molecular formula is C12H23N3OS. The van der Waals surface area contributed by atoms with Gasteiger partial charge in [-0.3, -0.25) is 0 Å². The van der Waals surface area contributed by atoms with Crippen LogP contribution in [0.5, 0.6) is 0 Å². The lowest BCUT2D eigenvalue weighted by Gasteiger charge is -2.23. The van der Waals surface area contributed by atoms with Gasteiger partial charge in [0.25, 0.3) is 0 Å². The first kappa shape index (κ1) is 14.5. The number of hydrogen-bond donors (Lipinski definition) is 1. The average Bonchev–Trinajstić information content (AvgIpc) is 2.74. The van der Waals surface area contributed by atoms with Crippen LogP contribution in [0.1, 0.15) is 45.3 Å². The molecule has 1 rings (SSSR count). The minimum Gasteiger partial charge on any atom is -0.339 e. The second-order valence-corrected chi connectivity index (χ2v) is 5.81. The molecule has 1 N–H and O–H groups in total. The molecule has 0 saturated carbocycles. The Balaban J connectivity index is 2.77. The topological polar surface area (TPSA) is 51.0 Å². The number of thioether (sulfide) groups is 1. The van der Waals surface area contributed by atoms with Gasteiger partial charge in [0.2, 0.25) is 5.89 Å². The van der Waals surface area contributed by atoms with Crippen molar-refractivity contribution in [3.05, 3.63) is 11.7 Å². The number of aromatic nitrogens is 2. The fourth-order valence-corrected chi connectivity index (χ4v) is 2.41. The molecule has 2 unspecified atom stereocenters. The molecule has 5 heteroatoms. The van der Waals surface area contributed by atoms with E-state index in [1.165, 1.54) is 0 Å². The Hall–Kier alpha value is -0.550. The van der Waals surface area contributed by atoms with E-state index in [0.29, 0.717) is 12.0 Å². The van der Waals surface area contributed by atoms with Crippen LogP contribution in [0.15, 0.2) is 4.52 Å². The molecule has 98 valence electrons. The summed E-state index contributed by atoms with van der Waals surface area (Å²) in [6.45, 7) is 8.65. The van der Waals surface area contributed by atoms with E-state index in [9.17, 15) is 0 Å². The fourth-order valence-electron chi connectivity index (χ4n) is 1.91. The molecule has 0 bridgehead atoms. The Labute approximate surface area is 108 Å². The van der Waals surface area contributed by atoms with Gasteiger partial charge in [-0.25, -0.2) is 0 Å². The molecule has 0 radical (unpaired) electrons. The molecule has 1 aromatic rings. The van der Waals surface area contributed by atoms with Crippen LogP contribution in [-0.2, 0) is 5.75 Å². The molecule has 1 heterocycles. The Morgan fingerprint density at radius 3 is 2.59 bits per heavy atom. The minimum atomic E-state index is 0.271. The van der Waals surface area contributed by atoms with Crippen molar-refractivity contribution in [1.29, 1.82) is 0 Å². The highest BCUT2D eigenvalue weighted by Crippen LogP contribution is 2.26. The molecule has 0 spiro atoms. The van der Waals surface area contributed by atoms with Crippen molar-refractivity contribution >= 4 is 11.8 Å². The molecule has 0 fully saturated rings. The van der Waals surface area contributed by atoms with Gasteiger partial charge in [-0.05, 0) is 25.6 Å². The minimum absolute atomic E-state index is 0.271. The van der Waals surface area contributed by atoms with Crippen LogP contribution in [0, 0.1) is 5.92 Å². The monoisotopic (exact) mass is 257 g/mol. The van der Waals surface area contributed by atoms with Crippen molar-refractivity contribution in [2.24, 2.45) is 5.92 Å². The van der Waals surface area contributed by atoms with Gasteiger partial charge < -0.3 is 9.84 Å². The van der Waals surface area contributed by atoms with Gasteiger partial charge in [0.05, 0.1) is 11.7 Å². The zero-order chi connectivity index (χ0) is 12.8. The van der Waals surface area contributed by atoms with Crippen molar-refractivity contribution in [2.75, 3.05) is 12.8 Å². The summed E-state index contributed by atoms with van der Waals surface area (Å²) in [7, 11) is 1.96. The Morgan fingerprint density at radius 1 is 1.35 bits per heavy atom. The summed E-state index contributed by atoms with van der Waals surface area (Å²) in [5.74, 6) is 4.22. The molecule has 0 aliphatic carbocycles. The second-order valence-electron chi connectivity index (χ2n) is 4.53. The van der Waals surface area contributed by atoms with Crippen LogP contribution in [-0.4, -0.2) is 29.0 Å². The molecule has 0 aliphatic heterocycles. The first-order valence-corrected chi connectivity index (χ1v) is 7.33. The molecule has 4 nitrogen and oxygen atoms in total. The molecule has 0 amide bonds. The summed E-state index contributed by atoms with van der Waals surface area (Å²) < 4.78 is 5.39. The number of nitrogens with one attached hydrogen (secondary N) is 1. The van der Waals surface area contributed by atoms with Gasteiger partial charge in [0, 0.05) is 6.04 Å². The van der Waals surface area contributed by atoms with Gasteiger partial charge in [-0.2, -0.15) is 16.7 Å². The maximum Gasteiger partial charge on any atom is 0.231 e. The highest BCUT2D eigenvalue weighted by Gasteiger charge is 2.27. The zero-order valence-electron chi connectivity index (χ0n) is 11.4. The van der Waals surface area contributed by atoms with E-state index in [0.717, 1.165) is 23.2 Å². The van der Waals surface area contributed by atoms with Crippen LogP contribution >= 0.6 is 11.8 Å². The first-order chi connectivity index (χ1) is 8.10. The smallest absolute Gasteiger partial charge is 0.231 e. The number of nitrogens with zero attached hydrogens (tertiary/aromatic N) is 2. The lowest BCUT2D eigenvalue weighted by atomic mass is 9.89. The summed E-state index contributed by atoms with van der Waals surface area (Å²) >= 11 is 1.81. The van der Waals surface area contributed by atoms with Gasteiger partial charge in [0.15, 0.2) is 5.82 Å². The van der Waals surface area contributed by atoms with Crippen molar-refractivity contribution < 1.29 is 4.52 Å². The van der Waals surface area contributed by atoms with Crippen molar-refractivity contribution in [3.8, 4) is 0 Å². The Kier molecular flexibility index (Phi) is 5.98. The van der Waals surface area contributed by atoms with E-state index in [-0.39, 0.29) is 5.92 Å². The van der Waals surface area contributed by atoms with E-state index in [4.69, 9.17) is 4.52 Å². The van der Waals surface area contributed by atoms with Crippen LogP contribution in [0.3, 0.4) is 0 Å². The largest absolute Gasteiger partial charge is 0.339 e. The van der Waals surface area contributed by atoms with E-state index >= 15 is 0 Å². The summed E-state index contributed by atoms with van der Waals surface area (Å²) in [5.41, 5.74) is 0. The summed E-state index contributed by atoms with van der Waals surface area (Å²) in [6, 6.07) is 0.335. The SMILES string of the molecule is CCSCc1noc(C(C(C)C)C(C)NC)n1. The van der Waals surface area contributed by atoms with E-state index in [1.807, 2.05) is 18.8 Å². The molecule has 2 atom stereocenters. The van der Waals surface area contributed by atoms with Crippen LogP contribution in [0.2, 0.25) is 0 Å². The quantitative estimate of drug-likeness (QED) is 0.814. The molecule has 0 aliphatic rings. The van der Waals surface area contributed by atoms with Gasteiger partial charge in [-0.1, -0.05) is 25.9 Å². The lowest BCUT2D eigenvalue weighted by Crippen LogP contribution is -2.32. The molecule has 0 saturated heterocycles. The average molecular weight is 257 g/mol. The highest BCUT2D eigenvalue weighted by atomic mass is 32.2. The third kappa shape index (κ3) is 4.00. The molecular weight excluding hydrogens is 234 g/mol. The standard InChI is InChI=1S/C12H23N3OS/c1-6-17-7-10-14-12(16-15-10)11(8(2)3)9(4)13-5/h8-9,11,13H,6-7H2,1-5H3. The number of rotatable bonds is 7. The van der Waals surface area contributed by atoms with Crippen LogP contribution < -0.4 is 5.32 Å². The van der Waals surface area contributed by atoms with E-state index in [2.05, 4.69) is 43.2 Å². The first-order valence-electron chi connectivity index (χ1n) is 6.17. The summed E-state index contributed by atoms with van der Waals surface area (Å²) in [6.07, 6.45) is 0. The van der Waals surface area contributed by atoms with Gasteiger partial charge in [0.1, 0.15) is 0 Å². The number of hydrogen-bond acceptors (Lipinski definition) is 5. The number of likely N-dealkylation sites (N-methyl/N-ethyl adjacent to an activating group) is 1. The van der Waals surface area contributed by atoms with Crippen LogP contribution in [0.4, 0.5) is 0 Å². The van der Waals surface area contributed by atoms with Crippen LogP contribution in [0.25, 0.3) is 0 Å². The lowest BCUT2D eigenvalue weighted by molar-refractivity contribution is 0.285. The van der Waals surface area contributed by atoms with Crippen molar-refractivity contribution in [2.45, 2.75) is 45.4 Å². The predicted molar refractivity (Wildman–Crippen MR) is 72.2 cm³/mol. The normalized spacial score (nSPS) is 15.2. The van der Waals surface area contributed by atoms with Gasteiger partial charge >= 0.3 is 0 Å². The maximum absolute atomic E-state index is 5.39. The van der Waals surface area contributed by atoms with E-state index < -0.39 is 0 Å². The summed E-state index contributed by atoms with van der Waals surface area (Å²) in [4.78, 5) is 4.50. The Bertz CT molecular complexity index is 327. The highest BCUT2D eigenvalue weighted by molar-refractivity contribution is 7.98. The molecule has 17 heavy (non-hydrogen) atoms. The van der Waals surface area contributed by atoms with Gasteiger partial charge in [-0.15, -0.1) is 0 Å². The predicted octanol–water partition coefficient (Wildman–Crippen LogP) is 2.67. The summed E-state index contributed by atoms with van der Waals surface area (Å²) in [5, 5.41) is 7.30. The maximum atomic E-state index is 5.39. The van der Waals surface area contributed by atoms with Crippen molar-refractivity contribution in [1.82, 2.24) is 15.5 Å². The molecule has 1 aromatic heterocycles. The van der Waals surface area contributed by atoms with E-state index in [1.54, 1.807) is 0 Å². The fraction of sp³-hybridized carbons (Fsp3) is 0.833.